The third-order valence-corrected chi connectivity index (χ3v) is 3.98. The van der Waals surface area contributed by atoms with Gasteiger partial charge in [-0.15, -0.1) is 0 Å². The van der Waals surface area contributed by atoms with Crippen LogP contribution in [-0.2, 0) is 4.79 Å². The Hall–Kier alpha value is -0.980. The highest BCUT2D eigenvalue weighted by Crippen LogP contribution is 2.20. The summed E-state index contributed by atoms with van der Waals surface area (Å²) in [5, 5.41) is 5.77. The highest BCUT2D eigenvalue weighted by Gasteiger charge is 2.25. The van der Waals surface area contributed by atoms with Crippen molar-refractivity contribution < 1.29 is 9.18 Å². The van der Waals surface area contributed by atoms with E-state index >= 15 is 0 Å². The van der Waals surface area contributed by atoms with Crippen LogP contribution in [-0.4, -0.2) is 43.5 Å². The van der Waals surface area contributed by atoms with E-state index in [4.69, 9.17) is 0 Å². The van der Waals surface area contributed by atoms with Gasteiger partial charge in [0.15, 0.2) is 0 Å². The molecule has 1 aliphatic heterocycles. The van der Waals surface area contributed by atoms with E-state index in [2.05, 4.69) is 31.5 Å². The van der Waals surface area contributed by atoms with Crippen molar-refractivity contribution in [3.05, 3.63) is 28.5 Å². The zero-order valence-corrected chi connectivity index (χ0v) is 13.0. The number of carbonyl (C=O) groups excluding carboxylic acids is 1. The number of likely N-dealkylation sites (N-methyl/N-ethyl adjacent to an activating group) is 1. The lowest BCUT2D eigenvalue weighted by Crippen LogP contribution is -2.41. The third kappa shape index (κ3) is 4.01. The fourth-order valence-corrected chi connectivity index (χ4v) is 2.87. The number of anilines is 1. The maximum absolute atomic E-state index is 13.7. The van der Waals surface area contributed by atoms with E-state index in [1.165, 1.54) is 6.07 Å². The van der Waals surface area contributed by atoms with E-state index in [-0.39, 0.29) is 11.6 Å². The van der Waals surface area contributed by atoms with Crippen molar-refractivity contribution in [1.29, 1.82) is 0 Å². The predicted molar refractivity (Wildman–Crippen MR) is 81.3 cm³/mol. The molecule has 1 fully saturated rings. The number of amides is 1. The van der Waals surface area contributed by atoms with Crippen LogP contribution in [0.2, 0.25) is 0 Å². The molecule has 6 heteroatoms. The van der Waals surface area contributed by atoms with Gasteiger partial charge in [-0.3, -0.25) is 9.69 Å². The Morgan fingerprint density at radius 1 is 1.55 bits per heavy atom. The van der Waals surface area contributed by atoms with Crippen molar-refractivity contribution in [2.45, 2.75) is 18.9 Å². The first-order valence-corrected chi connectivity index (χ1v) is 7.53. The van der Waals surface area contributed by atoms with Gasteiger partial charge in [0, 0.05) is 17.1 Å². The minimum Gasteiger partial charge on any atom is -0.322 e. The number of rotatable bonds is 5. The largest absolute Gasteiger partial charge is 0.322 e. The quantitative estimate of drug-likeness (QED) is 0.861. The Morgan fingerprint density at radius 3 is 3.05 bits per heavy atom. The van der Waals surface area contributed by atoms with Crippen molar-refractivity contribution in [3.63, 3.8) is 0 Å². The van der Waals surface area contributed by atoms with Gasteiger partial charge in [-0.1, -0.05) is 15.9 Å². The molecule has 0 bridgehead atoms. The molecule has 20 heavy (non-hydrogen) atoms. The average molecular weight is 344 g/mol. The van der Waals surface area contributed by atoms with Crippen LogP contribution < -0.4 is 10.6 Å². The average Bonchev–Trinajstić information content (AvgIpc) is 2.81. The first-order valence-electron chi connectivity index (χ1n) is 6.73. The van der Waals surface area contributed by atoms with Crippen LogP contribution in [0.15, 0.2) is 22.7 Å². The maximum atomic E-state index is 13.7. The molecule has 1 atom stereocenters. The van der Waals surface area contributed by atoms with Gasteiger partial charge in [-0.2, -0.15) is 0 Å². The number of halogens is 2. The zero-order valence-electron chi connectivity index (χ0n) is 11.5. The van der Waals surface area contributed by atoms with Crippen molar-refractivity contribution in [1.82, 2.24) is 10.2 Å². The third-order valence-electron chi connectivity index (χ3n) is 3.49. The first-order chi connectivity index (χ1) is 9.60. The lowest BCUT2D eigenvalue weighted by molar-refractivity contribution is -0.117. The van der Waals surface area contributed by atoms with E-state index < -0.39 is 5.82 Å². The summed E-state index contributed by atoms with van der Waals surface area (Å²) in [7, 11) is 1.91. The number of nitrogens with one attached hydrogen (secondary N) is 2. The lowest BCUT2D eigenvalue weighted by Gasteiger charge is -2.23. The Morgan fingerprint density at radius 2 is 2.35 bits per heavy atom. The van der Waals surface area contributed by atoms with Gasteiger partial charge in [-0.05, 0) is 44.6 Å². The number of benzene rings is 1. The van der Waals surface area contributed by atoms with Crippen LogP contribution in [0.1, 0.15) is 12.8 Å². The molecule has 0 saturated carbocycles. The summed E-state index contributed by atoms with van der Waals surface area (Å²) in [6.45, 7) is 2.10. The molecule has 1 unspecified atom stereocenters. The Balaban J connectivity index is 1.92. The van der Waals surface area contributed by atoms with E-state index in [0.29, 0.717) is 17.1 Å². The molecule has 1 heterocycles. The summed E-state index contributed by atoms with van der Waals surface area (Å²) in [5.41, 5.74) is 0.225. The van der Waals surface area contributed by atoms with Crippen LogP contribution in [0.5, 0.6) is 0 Å². The van der Waals surface area contributed by atoms with Crippen molar-refractivity contribution in [3.8, 4) is 0 Å². The SMILES string of the molecule is CNCC1CCCN1CC(=O)Nc1ccc(Br)cc1F. The normalized spacial score (nSPS) is 19.2. The highest BCUT2D eigenvalue weighted by atomic mass is 79.9. The molecule has 2 rings (SSSR count). The molecule has 1 amide bonds. The molecular formula is C14H19BrFN3O. The van der Waals surface area contributed by atoms with E-state index in [1.54, 1.807) is 12.1 Å². The Bertz CT molecular complexity index is 483. The fraction of sp³-hybridized carbons (Fsp3) is 0.500. The molecule has 2 N–H and O–H groups in total. The van der Waals surface area contributed by atoms with Crippen molar-refractivity contribution >= 4 is 27.5 Å². The summed E-state index contributed by atoms with van der Waals surface area (Å²) in [6.07, 6.45) is 2.20. The van der Waals surface area contributed by atoms with Gasteiger partial charge in [0.05, 0.1) is 12.2 Å². The van der Waals surface area contributed by atoms with Crippen LogP contribution in [0.3, 0.4) is 0 Å². The Labute approximate surface area is 126 Å². The fourth-order valence-electron chi connectivity index (χ4n) is 2.54. The van der Waals surface area contributed by atoms with Gasteiger partial charge in [-0.25, -0.2) is 4.39 Å². The summed E-state index contributed by atoms with van der Waals surface area (Å²) >= 11 is 3.19. The topological polar surface area (TPSA) is 44.4 Å². The number of likely N-dealkylation sites (tertiary alicyclic amines) is 1. The van der Waals surface area contributed by atoms with E-state index in [1.807, 2.05) is 7.05 Å². The number of hydrogen-bond donors (Lipinski definition) is 2. The van der Waals surface area contributed by atoms with Crippen LogP contribution in [0.4, 0.5) is 10.1 Å². The maximum Gasteiger partial charge on any atom is 0.238 e. The predicted octanol–water partition coefficient (Wildman–Crippen LogP) is 2.21. The Kier molecular flexibility index (Phi) is 5.51. The van der Waals surface area contributed by atoms with Crippen LogP contribution in [0.25, 0.3) is 0 Å². The first kappa shape index (κ1) is 15.4. The molecule has 0 aliphatic carbocycles. The van der Waals surface area contributed by atoms with E-state index in [0.717, 1.165) is 25.9 Å². The van der Waals surface area contributed by atoms with Crippen LogP contribution >= 0.6 is 15.9 Å². The molecule has 0 spiro atoms. The van der Waals surface area contributed by atoms with Gasteiger partial charge in [0.25, 0.3) is 0 Å². The molecule has 1 aromatic carbocycles. The summed E-state index contributed by atoms with van der Waals surface area (Å²) in [6, 6.07) is 5.00. The van der Waals surface area contributed by atoms with Gasteiger partial charge >= 0.3 is 0 Å². The second-order valence-corrected chi connectivity index (χ2v) is 5.91. The van der Waals surface area contributed by atoms with Gasteiger partial charge in [0.2, 0.25) is 5.91 Å². The monoisotopic (exact) mass is 343 g/mol. The molecular weight excluding hydrogens is 325 g/mol. The molecule has 110 valence electrons. The second-order valence-electron chi connectivity index (χ2n) is 5.00. The standard InChI is InChI=1S/C14H19BrFN3O/c1-17-8-11-3-2-6-19(11)9-14(20)18-13-5-4-10(15)7-12(13)16/h4-5,7,11,17H,2-3,6,8-9H2,1H3,(H,18,20). The lowest BCUT2D eigenvalue weighted by atomic mass is 10.2. The number of hydrogen-bond acceptors (Lipinski definition) is 3. The number of carbonyl (C=O) groups is 1. The smallest absolute Gasteiger partial charge is 0.238 e. The molecule has 1 saturated heterocycles. The van der Waals surface area contributed by atoms with E-state index in [9.17, 15) is 9.18 Å². The molecule has 1 aliphatic rings. The summed E-state index contributed by atoms with van der Waals surface area (Å²) in [4.78, 5) is 14.1. The second kappa shape index (κ2) is 7.15. The molecule has 0 radical (unpaired) electrons. The molecule has 4 nitrogen and oxygen atoms in total. The number of nitrogens with zero attached hydrogens (tertiary/aromatic N) is 1. The zero-order chi connectivity index (χ0) is 14.5. The summed E-state index contributed by atoms with van der Waals surface area (Å²) < 4.78 is 14.3. The summed E-state index contributed by atoms with van der Waals surface area (Å²) in [5.74, 6) is -0.602. The molecule has 0 aromatic heterocycles. The van der Waals surface area contributed by atoms with Gasteiger partial charge < -0.3 is 10.6 Å². The van der Waals surface area contributed by atoms with Gasteiger partial charge in [0.1, 0.15) is 5.82 Å². The highest BCUT2D eigenvalue weighted by molar-refractivity contribution is 9.10. The van der Waals surface area contributed by atoms with Crippen molar-refractivity contribution in [2.75, 3.05) is 32.0 Å². The molecule has 1 aromatic rings. The minimum absolute atomic E-state index is 0.172. The minimum atomic E-state index is -0.430. The van der Waals surface area contributed by atoms with Crippen LogP contribution in [0, 0.1) is 5.82 Å². The van der Waals surface area contributed by atoms with Crippen molar-refractivity contribution in [2.24, 2.45) is 0 Å².